The Morgan fingerprint density at radius 3 is 3.04 bits per heavy atom. The van der Waals surface area contributed by atoms with E-state index in [0.717, 1.165) is 17.7 Å². The molecule has 1 aliphatic rings. The Balaban J connectivity index is 1.63. The number of aryl methyl sites for hydroxylation is 1. The first-order valence-corrected chi connectivity index (χ1v) is 7.92. The van der Waals surface area contributed by atoms with E-state index in [2.05, 4.69) is 21.8 Å². The largest absolute Gasteiger partial charge is 0.478 e. The van der Waals surface area contributed by atoms with Crippen LogP contribution in [0.5, 0.6) is 5.88 Å². The van der Waals surface area contributed by atoms with E-state index in [1.54, 1.807) is 11.7 Å². The molecule has 128 valence electrons. The second-order valence-electron chi connectivity index (χ2n) is 5.74. The fraction of sp³-hybridized carbons (Fsp3) is 0.412. The highest BCUT2D eigenvalue weighted by Crippen LogP contribution is 2.27. The molecular formula is C17H22N4O3. The molecule has 0 bridgehead atoms. The molecule has 2 heterocycles. The van der Waals surface area contributed by atoms with Crippen LogP contribution in [0.3, 0.4) is 0 Å². The Bertz CT molecular complexity index is 741. The first kappa shape index (κ1) is 16.3. The molecule has 0 radical (unpaired) electrons. The Kier molecular flexibility index (Phi) is 4.71. The van der Waals surface area contributed by atoms with Crippen LogP contribution in [0.2, 0.25) is 0 Å². The van der Waals surface area contributed by atoms with E-state index in [-0.39, 0.29) is 12.1 Å². The van der Waals surface area contributed by atoms with Crippen LogP contribution in [0.1, 0.15) is 22.9 Å². The molecule has 0 saturated carbocycles. The van der Waals surface area contributed by atoms with Crippen LogP contribution >= 0.6 is 0 Å². The third-order valence-corrected chi connectivity index (χ3v) is 4.27. The Morgan fingerprint density at radius 1 is 1.46 bits per heavy atom. The molecule has 0 saturated heterocycles. The number of hydrogen-bond donors (Lipinski definition) is 2. The van der Waals surface area contributed by atoms with Gasteiger partial charge in [0.2, 0.25) is 0 Å². The summed E-state index contributed by atoms with van der Waals surface area (Å²) >= 11 is 0. The van der Waals surface area contributed by atoms with Crippen LogP contribution < -0.4 is 15.4 Å². The number of hydrogen-bond acceptors (Lipinski definition) is 4. The summed E-state index contributed by atoms with van der Waals surface area (Å²) in [7, 11) is 3.32. The monoisotopic (exact) mass is 330 g/mol. The van der Waals surface area contributed by atoms with E-state index in [4.69, 9.17) is 9.47 Å². The van der Waals surface area contributed by atoms with Crippen molar-refractivity contribution in [3.8, 4) is 5.88 Å². The predicted molar refractivity (Wildman–Crippen MR) is 90.4 cm³/mol. The van der Waals surface area contributed by atoms with Gasteiger partial charge >= 0.3 is 6.03 Å². The minimum atomic E-state index is -0.309. The van der Waals surface area contributed by atoms with Crippen LogP contribution in [0, 0.1) is 6.92 Å². The summed E-state index contributed by atoms with van der Waals surface area (Å²) in [4.78, 5) is 12.2. The number of aromatic nitrogens is 2. The summed E-state index contributed by atoms with van der Waals surface area (Å²) in [5, 5.41) is 9.85. The van der Waals surface area contributed by atoms with Gasteiger partial charge in [0.05, 0.1) is 19.4 Å². The number of nitrogens with one attached hydrogen (secondary N) is 2. The number of urea groups is 1. The van der Waals surface area contributed by atoms with Gasteiger partial charge in [-0.2, -0.15) is 0 Å². The summed E-state index contributed by atoms with van der Waals surface area (Å²) in [6.07, 6.45) is 0.780. The Hall–Kier alpha value is -2.54. The van der Waals surface area contributed by atoms with Gasteiger partial charge in [-0.25, -0.2) is 4.79 Å². The molecule has 0 fully saturated rings. The summed E-state index contributed by atoms with van der Waals surface area (Å²) < 4.78 is 12.6. The highest BCUT2D eigenvalue weighted by molar-refractivity contribution is 5.91. The molecule has 2 aromatic rings. The molecule has 1 atom stereocenters. The van der Waals surface area contributed by atoms with Gasteiger partial charge in [-0.3, -0.25) is 4.68 Å². The molecule has 2 amide bonds. The minimum Gasteiger partial charge on any atom is -0.478 e. The van der Waals surface area contributed by atoms with Crippen LogP contribution in [0.4, 0.5) is 10.5 Å². The first-order chi connectivity index (χ1) is 11.6. The van der Waals surface area contributed by atoms with E-state index in [0.29, 0.717) is 24.7 Å². The molecule has 0 spiro atoms. The number of carbonyl (C=O) groups is 1. The van der Waals surface area contributed by atoms with Crippen molar-refractivity contribution < 1.29 is 14.3 Å². The van der Waals surface area contributed by atoms with Gasteiger partial charge in [0.1, 0.15) is 11.8 Å². The van der Waals surface area contributed by atoms with Crippen molar-refractivity contribution >= 4 is 11.7 Å². The highest BCUT2D eigenvalue weighted by atomic mass is 16.5. The molecule has 3 rings (SSSR count). The zero-order chi connectivity index (χ0) is 17.1. The van der Waals surface area contributed by atoms with Gasteiger partial charge in [0, 0.05) is 13.6 Å². The third-order valence-electron chi connectivity index (χ3n) is 4.27. The number of amides is 2. The predicted octanol–water partition coefficient (Wildman–Crippen LogP) is 2.17. The van der Waals surface area contributed by atoms with Gasteiger partial charge in [-0.1, -0.05) is 24.3 Å². The normalized spacial score (nSPS) is 16.4. The van der Waals surface area contributed by atoms with Crippen molar-refractivity contribution in [2.75, 3.05) is 25.6 Å². The Morgan fingerprint density at radius 2 is 2.25 bits per heavy atom. The van der Waals surface area contributed by atoms with Crippen LogP contribution in [0.25, 0.3) is 0 Å². The van der Waals surface area contributed by atoms with E-state index < -0.39 is 0 Å². The number of anilines is 1. The van der Waals surface area contributed by atoms with E-state index >= 15 is 0 Å². The van der Waals surface area contributed by atoms with Gasteiger partial charge in [0.15, 0.2) is 0 Å². The second-order valence-corrected chi connectivity index (χ2v) is 5.74. The number of nitrogens with zero attached hydrogens (tertiary/aromatic N) is 2. The van der Waals surface area contributed by atoms with Crippen molar-refractivity contribution in [1.29, 1.82) is 0 Å². The lowest BCUT2D eigenvalue weighted by Crippen LogP contribution is -2.34. The van der Waals surface area contributed by atoms with Crippen molar-refractivity contribution in [2.45, 2.75) is 19.4 Å². The molecule has 7 nitrogen and oxygen atoms in total. The van der Waals surface area contributed by atoms with E-state index in [1.165, 1.54) is 12.7 Å². The van der Waals surface area contributed by atoms with Crippen LogP contribution in [-0.2, 0) is 18.2 Å². The summed E-state index contributed by atoms with van der Waals surface area (Å²) in [5.74, 6) is 0.393. The van der Waals surface area contributed by atoms with Gasteiger partial charge in [-0.15, -0.1) is 5.10 Å². The standard InChI is InChI=1S/C17H22N4O3/c1-11-15(16(23-3)20-21(11)2)19-17(22)18-10-14-13-7-5-4-6-12(13)8-9-24-14/h4-7,14H,8-10H2,1-3H3,(H2,18,19,22)/t14-/m1/s1. The van der Waals surface area contributed by atoms with E-state index in [1.807, 2.05) is 25.1 Å². The molecule has 24 heavy (non-hydrogen) atoms. The van der Waals surface area contributed by atoms with Crippen molar-refractivity contribution in [1.82, 2.24) is 15.1 Å². The highest BCUT2D eigenvalue weighted by Gasteiger charge is 2.22. The molecule has 1 aromatic carbocycles. The summed E-state index contributed by atoms with van der Waals surface area (Å²) in [6.45, 7) is 2.94. The average Bonchev–Trinajstić information content (AvgIpc) is 2.87. The molecule has 7 heteroatoms. The number of carbonyl (C=O) groups excluding carboxylic acids is 1. The Labute approximate surface area is 140 Å². The van der Waals surface area contributed by atoms with Crippen LogP contribution in [-0.4, -0.2) is 36.1 Å². The molecule has 1 aliphatic heterocycles. The fourth-order valence-electron chi connectivity index (χ4n) is 2.85. The maximum absolute atomic E-state index is 12.2. The summed E-state index contributed by atoms with van der Waals surface area (Å²) in [5.41, 5.74) is 3.81. The maximum atomic E-state index is 12.2. The summed E-state index contributed by atoms with van der Waals surface area (Å²) in [6, 6.07) is 7.86. The molecule has 0 aliphatic carbocycles. The third kappa shape index (κ3) is 3.21. The van der Waals surface area contributed by atoms with Gasteiger partial charge in [-0.05, 0) is 24.5 Å². The molecule has 2 N–H and O–H groups in total. The lowest BCUT2D eigenvalue weighted by molar-refractivity contribution is 0.0444. The molecule has 0 unspecified atom stereocenters. The SMILES string of the molecule is COc1nn(C)c(C)c1NC(=O)NC[C@H]1OCCc2ccccc21. The number of benzene rings is 1. The van der Waals surface area contributed by atoms with Crippen LogP contribution in [0.15, 0.2) is 24.3 Å². The number of methoxy groups -OCH3 is 1. The first-order valence-electron chi connectivity index (χ1n) is 7.92. The average molecular weight is 330 g/mol. The number of ether oxygens (including phenoxy) is 2. The minimum absolute atomic E-state index is 0.127. The quantitative estimate of drug-likeness (QED) is 0.901. The molecule has 1 aromatic heterocycles. The lowest BCUT2D eigenvalue weighted by atomic mass is 9.98. The number of rotatable bonds is 4. The fourth-order valence-corrected chi connectivity index (χ4v) is 2.85. The number of fused-ring (bicyclic) bond motifs is 1. The molecular weight excluding hydrogens is 308 g/mol. The smallest absolute Gasteiger partial charge is 0.319 e. The zero-order valence-electron chi connectivity index (χ0n) is 14.1. The van der Waals surface area contributed by atoms with Gasteiger partial charge in [0.25, 0.3) is 5.88 Å². The van der Waals surface area contributed by atoms with Crippen molar-refractivity contribution in [3.05, 3.63) is 41.1 Å². The lowest BCUT2D eigenvalue weighted by Gasteiger charge is -2.26. The van der Waals surface area contributed by atoms with E-state index in [9.17, 15) is 4.79 Å². The van der Waals surface area contributed by atoms with Crippen molar-refractivity contribution in [3.63, 3.8) is 0 Å². The topological polar surface area (TPSA) is 77.4 Å². The second kappa shape index (κ2) is 6.92. The van der Waals surface area contributed by atoms with Crippen molar-refractivity contribution in [2.24, 2.45) is 7.05 Å². The zero-order valence-corrected chi connectivity index (χ0v) is 14.1. The maximum Gasteiger partial charge on any atom is 0.319 e. The van der Waals surface area contributed by atoms with Gasteiger partial charge < -0.3 is 20.1 Å².